The summed E-state index contributed by atoms with van der Waals surface area (Å²) in [6.45, 7) is -0.142. The summed E-state index contributed by atoms with van der Waals surface area (Å²) in [6.07, 6.45) is -3.70. The number of benzene rings is 1. The van der Waals surface area contributed by atoms with Crippen LogP contribution >= 0.6 is 0 Å². The second-order valence-electron chi connectivity index (χ2n) is 3.46. The second kappa shape index (κ2) is 4.69. The molecule has 18 heavy (non-hydrogen) atoms. The van der Waals surface area contributed by atoms with E-state index in [2.05, 4.69) is 10.2 Å². The van der Waals surface area contributed by atoms with E-state index in [-0.39, 0.29) is 12.3 Å². The first-order chi connectivity index (χ1) is 8.47. The van der Waals surface area contributed by atoms with Gasteiger partial charge in [-0.05, 0) is 12.1 Å². The van der Waals surface area contributed by atoms with Crippen molar-refractivity contribution in [3.8, 4) is 5.75 Å². The van der Waals surface area contributed by atoms with Crippen molar-refractivity contribution in [1.29, 1.82) is 0 Å². The van der Waals surface area contributed by atoms with Crippen LogP contribution in [-0.2, 0) is 9.53 Å². The van der Waals surface area contributed by atoms with Crippen LogP contribution in [0.2, 0.25) is 0 Å². The van der Waals surface area contributed by atoms with Gasteiger partial charge in [0.15, 0.2) is 5.75 Å². The Bertz CT molecular complexity index is 497. The summed E-state index contributed by atoms with van der Waals surface area (Å²) >= 11 is 0. The summed E-state index contributed by atoms with van der Waals surface area (Å²) in [6, 6.07) is 6.66. The molecule has 2 rings (SSSR count). The van der Waals surface area contributed by atoms with E-state index in [0.29, 0.717) is 11.3 Å². The summed E-state index contributed by atoms with van der Waals surface area (Å²) in [4.78, 5) is 15.8. The average molecular weight is 259 g/mol. The molecular weight excluding hydrogens is 251 g/mol. The third-order valence-corrected chi connectivity index (χ3v) is 2.12. The van der Waals surface area contributed by atoms with Gasteiger partial charge in [0, 0.05) is 5.56 Å². The molecule has 1 heterocycles. The minimum atomic E-state index is -5.02. The lowest BCUT2D eigenvalue weighted by atomic mass is 10.2. The number of hydroxylamine groups is 1. The van der Waals surface area contributed by atoms with Crippen molar-refractivity contribution >= 4 is 12.0 Å². The van der Waals surface area contributed by atoms with Crippen LogP contribution in [0.15, 0.2) is 30.0 Å². The summed E-state index contributed by atoms with van der Waals surface area (Å²) < 4.78 is 40.4. The van der Waals surface area contributed by atoms with Gasteiger partial charge in [0.05, 0.1) is 6.54 Å². The summed E-state index contributed by atoms with van der Waals surface area (Å²) in [5.74, 6) is -1.98. The number of carbonyl (C=O) groups excluding carboxylic acids is 1. The minimum absolute atomic E-state index is 0.142. The largest absolute Gasteiger partial charge is 0.491 e. The van der Waals surface area contributed by atoms with E-state index in [0.717, 1.165) is 0 Å². The Labute approximate surface area is 99.9 Å². The number of ether oxygens (including phenoxy) is 1. The van der Waals surface area contributed by atoms with Gasteiger partial charge in [-0.15, -0.1) is 5.48 Å². The van der Waals surface area contributed by atoms with Crippen LogP contribution in [0.25, 0.3) is 6.08 Å². The maximum absolute atomic E-state index is 12.0. The normalized spacial score (nSPS) is 14.9. The highest BCUT2D eigenvalue weighted by Crippen LogP contribution is 2.24. The smallest absolute Gasteiger partial charge is 0.423 e. The molecule has 0 fully saturated rings. The molecule has 1 N–H and O–H groups in total. The van der Waals surface area contributed by atoms with Crippen LogP contribution < -0.4 is 10.3 Å². The first-order valence-electron chi connectivity index (χ1n) is 4.95. The van der Waals surface area contributed by atoms with Crippen LogP contribution in [0, 0.1) is 0 Å². The lowest BCUT2D eigenvalue weighted by molar-refractivity contribution is -0.195. The Morgan fingerprint density at radius 3 is 2.78 bits per heavy atom. The molecule has 1 aromatic carbocycles. The van der Waals surface area contributed by atoms with Crippen molar-refractivity contribution in [3.63, 3.8) is 0 Å². The Morgan fingerprint density at radius 2 is 2.06 bits per heavy atom. The van der Waals surface area contributed by atoms with Crippen molar-refractivity contribution in [2.45, 2.75) is 6.18 Å². The van der Waals surface area contributed by atoms with Crippen molar-refractivity contribution < 1.29 is 27.5 Å². The zero-order chi connectivity index (χ0) is 13.2. The highest BCUT2D eigenvalue weighted by Gasteiger charge is 2.41. The number of carbonyl (C=O) groups is 1. The summed E-state index contributed by atoms with van der Waals surface area (Å²) in [5.41, 5.74) is 2.92. The minimum Gasteiger partial charge on any atom is -0.423 e. The van der Waals surface area contributed by atoms with Crippen LogP contribution in [0.5, 0.6) is 5.75 Å². The third kappa shape index (κ3) is 2.80. The molecule has 4 nitrogen and oxygen atoms in total. The standard InChI is InChI=1S/C11H8F3NO3/c12-11(13,14)10(16)17-8-5-7-3-1-2-4-9(7)18-15-6-8/h1-5,15H,6H2. The fourth-order valence-corrected chi connectivity index (χ4v) is 1.34. The van der Waals surface area contributed by atoms with E-state index >= 15 is 0 Å². The quantitative estimate of drug-likeness (QED) is 0.784. The fourth-order valence-electron chi connectivity index (χ4n) is 1.34. The predicted molar refractivity (Wildman–Crippen MR) is 55.2 cm³/mol. The summed E-state index contributed by atoms with van der Waals surface area (Å²) in [5, 5.41) is 0. The number of alkyl halides is 3. The molecule has 0 amide bonds. The van der Waals surface area contributed by atoms with Gasteiger partial charge in [-0.25, -0.2) is 4.79 Å². The van der Waals surface area contributed by atoms with Crippen LogP contribution in [0.4, 0.5) is 13.2 Å². The highest BCUT2D eigenvalue weighted by atomic mass is 19.4. The van der Waals surface area contributed by atoms with Gasteiger partial charge in [0.2, 0.25) is 0 Å². The number of esters is 1. The maximum Gasteiger partial charge on any atom is 0.491 e. The molecule has 0 bridgehead atoms. The van der Waals surface area contributed by atoms with E-state index in [9.17, 15) is 18.0 Å². The van der Waals surface area contributed by atoms with E-state index < -0.39 is 12.1 Å². The lowest BCUT2D eigenvalue weighted by Gasteiger charge is -2.09. The number of nitrogens with one attached hydrogen (secondary N) is 1. The Kier molecular flexibility index (Phi) is 3.24. The number of hydrogen-bond acceptors (Lipinski definition) is 4. The van der Waals surface area contributed by atoms with E-state index in [1.54, 1.807) is 24.3 Å². The number of hydrogen-bond donors (Lipinski definition) is 1. The fraction of sp³-hybridized carbons (Fsp3) is 0.182. The second-order valence-corrected chi connectivity index (χ2v) is 3.46. The molecule has 1 aliphatic heterocycles. The van der Waals surface area contributed by atoms with Crippen LogP contribution in [-0.4, -0.2) is 18.7 Å². The van der Waals surface area contributed by atoms with E-state index in [1.807, 2.05) is 0 Å². The molecule has 7 heteroatoms. The molecular formula is C11H8F3NO3. The van der Waals surface area contributed by atoms with Crippen LogP contribution in [0.1, 0.15) is 5.56 Å². The Balaban J connectivity index is 2.20. The van der Waals surface area contributed by atoms with Gasteiger partial charge >= 0.3 is 12.1 Å². The molecule has 0 saturated carbocycles. The highest BCUT2D eigenvalue weighted by molar-refractivity contribution is 5.77. The molecule has 0 atom stereocenters. The lowest BCUT2D eigenvalue weighted by Crippen LogP contribution is -2.28. The van der Waals surface area contributed by atoms with Gasteiger partial charge in [-0.3, -0.25) is 0 Å². The van der Waals surface area contributed by atoms with Gasteiger partial charge in [0.1, 0.15) is 5.76 Å². The van der Waals surface area contributed by atoms with Crippen molar-refractivity contribution in [1.82, 2.24) is 5.48 Å². The zero-order valence-electron chi connectivity index (χ0n) is 8.95. The predicted octanol–water partition coefficient (Wildman–Crippen LogP) is 2.03. The Morgan fingerprint density at radius 1 is 1.33 bits per heavy atom. The molecule has 0 aromatic heterocycles. The van der Waals surface area contributed by atoms with Gasteiger partial charge in [-0.2, -0.15) is 13.2 Å². The van der Waals surface area contributed by atoms with Crippen molar-refractivity contribution in [2.75, 3.05) is 6.54 Å². The first-order valence-corrected chi connectivity index (χ1v) is 4.95. The number of halogens is 3. The van der Waals surface area contributed by atoms with Gasteiger partial charge < -0.3 is 9.57 Å². The van der Waals surface area contributed by atoms with Crippen molar-refractivity contribution in [3.05, 3.63) is 35.6 Å². The number of para-hydroxylation sites is 1. The van der Waals surface area contributed by atoms with E-state index in [1.165, 1.54) is 6.08 Å². The first kappa shape index (κ1) is 12.4. The Hall–Kier alpha value is -2.02. The molecule has 0 unspecified atom stereocenters. The summed E-state index contributed by atoms with van der Waals surface area (Å²) in [7, 11) is 0. The molecule has 0 aliphatic carbocycles. The number of rotatable bonds is 1. The average Bonchev–Trinajstić information content (AvgIpc) is 2.49. The monoisotopic (exact) mass is 259 g/mol. The van der Waals surface area contributed by atoms with Crippen LogP contribution in [0.3, 0.4) is 0 Å². The molecule has 1 aromatic rings. The molecule has 1 aliphatic rings. The third-order valence-electron chi connectivity index (χ3n) is 2.12. The molecule has 0 radical (unpaired) electrons. The van der Waals surface area contributed by atoms with Gasteiger partial charge in [-0.1, -0.05) is 18.2 Å². The molecule has 0 spiro atoms. The number of fused-ring (bicyclic) bond motifs is 1. The SMILES string of the molecule is O=C(OC1=Cc2ccccc2ONC1)C(F)(F)F. The topological polar surface area (TPSA) is 47.6 Å². The zero-order valence-corrected chi connectivity index (χ0v) is 8.95. The van der Waals surface area contributed by atoms with E-state index in [4.69, 9.17) is 4.84 Å². The molecule has 0 saturated heterocycles. The van der Waals surface area contributed by atoms with Gasteiger partial charge in [0.25, 0.3) is 0 Å². The van der Waals surface area contributed by atoms with Crippen molar-refractivity contribution in [2.24, 2.45) is 0 Å². The molecule has 96 valence electrons. The maximum atomic E-state index is 12.0.